The Hall–Kier alpha value is -1.54. The van der Waals surface area contributed by atoms with E-state index in [9.17, 15) is 0 Å². The molecule has 0 N–H and O–H groups in total. The molecule has 3 heteroatoms. The third-order valence-corrected chi connectivity index (χ3v) is 41.3. The maximum absolute atomic E-state index is 5.96. The Bertz CT molecular complexity index is 1630. The normalized spacial score (nSPS) is 17.2. The van der Waals surface area contributed by atoms with E-state index in [2.05, 4.69) is 148 Å². The first-order valence-corrected chi connectivity index (χ1v) is 27.9. The molecule has 3 aromatic carbocycles. The van der Waals surface area contributed by atoms with Gasteiger partial charge < -0.3 is 0 Å². The SMILES string of the molecule is Cl.Cl.[CH2]=[Hf]([c]1cc(C(C)C)cc(C(C)C)c1)([CH]1C=CC=C1)([CH]1CCC1)[CH]1c2cc(C(C)(C)C)ccc2-c2ccc(C(C)(C)C)cc21. The molecule has 6 rings (SSSR count). The molecule has 0 radical (unpaired) electrons. The van der Waals surface area contributed by atoms with Gasteiger partial charge in [0, 0.05) is 0 Å². The van der Waals surface area contributed by atoms with Gasteiger partial charge in [-0.2, -0.15) is 0 Å². The molecule has 0 spiro atoms. The topological polar surface area (TPSA) is 0 Å². The van der Waals surface area contributed by atoms with Gasteiger partial charge in [0.05, 0.1) is 0 Å². The van der Waals surface area contributed by atoms with E-state index >= 15 is 0 Å². The van der Waals surface area contributed by atoms with Crippen LogP contribution in [0.2, 0.25) is 7.35 Å². The maximum atomic E-state index is 5.96. The molecule has 0 atom stereocenters. The Morgan fingerprint density at radius 1 is 0.652 bits per heavy atom. The summed E-state index contributed by atoms with van der Waals surface area (Å²) in [6.45, 7) is 23.7. The van der Waals surface area contributed by atoms with Crippen LogP contribution in [0.3, 0.4) is 0 Å². The average molecular weight is 824 g/mol. The summed E-state index contributed by atoms with van der Waals surface area (Å²) >= 11 is -4.65. The third-order valence-electron chi connectivity index (χ3n) is 12.0. The molecule has 0 bridgehead atoms. The molecular weight excluding hydrogens is 766 g/mol. The summed E-state index contributed by atoms with van der Waals surface area (Å²) in [4.78, 5) is 0. The van der Waals surface area contributed by atoms with Crippen molar-refractivity contribution < 1.29 is 18.0 Å². The predicted octanol–water partition coefficient (Wildman–Crippen LogP) is 12.8. The number of rotatable bonds is 6. The van der Waals surface area contributed by atoms with Gasteiger partial charge in [-0.15, -0.1) is 24.8 Å². The van der Waals surface area contributed by atoms with Crippen LogP contribution >= 0.6 is 24.8 Å². The van der Waals surface area contributed by atoms with Gasteiger partial charge in [0.15, 0.2) is 0 Å². The van der Waals surface area contributed by atoms with Crippen LogP contribution in [-0.4, -0.2) is 4.26 Å². The molecule has 3 aliphatic rings. The standard InChI is InChI=1S/C21H25.C12H17.C5H5.C4H7.CH2.2ClH.Hf/c1-20(2,3)16-7-9-18-14(12-16)11-15-13-17(21(4,5)6)8-10-19(15)18;1-9(2)11-6-5-7-12(8-11)10(3)4;1-2-4-5-3-1;1-2-4-3-1;;;;/h7-13H,1-6H3;6-10H,1-4H3;1-5H;1H,2-4H2;1H2;2*1H;. The minimum absolute atomic E-state index is 0. The van der Waals surface area contributed by atoms with Crippen LogP contribution in [-0.2, 0) is 28.8 Å². The Balaban J connectivity index is 0.00000240. The van der Waals surface area contributed by atoms with Gasteiger partial charge in [0.1, 0.15) is 0 Å². The Morgan fingerprint density at radius 3 is 1.43 bits per heavy atom. The fraction of sp³-hybridized carbons (Fsp3) is 0.465. The van der Waals surface area contributed by atoms with E-state index in [0.29, 0.717) is 22.9 Å². The van der Waals surface area contributed by atoms with E-state index in [1.54, 1.807) is 14.4 Å². The van der Waals surface area contributed by atoms with Crippen molar-refractivity contribution in [2.75, 3.05) is 0 Å². The average Bonchev–Trinajstić information content (AvgIpc) is 3.58. The van der Waals surface area contributed by atoms with Crippen LogP contribution < -0.4 is 3.32 Å². The van der Waals surface area contributed by atoms with Crippen LogP contribution in [0, 0.1) is 0 Å². The van der Waals surface area contributed by atoms with Crippen molar-refractivity contribution in [1.29, 1.82) is 0 Å². The van der Waals surface area contributed by atoms with E-state index in [0.717, 1.165) is 0 Å². The summed E-state index contributed by atoms with van der Waals surface area (Å²) < 4.78 is 9.08. The molecule has 0 aliphatic heterocycles. The molecule has 0 saturated heterocycles. The molecule has 1 saturated carbocycles. The fourth-order valence-electron chi connectivity index (χ4n) is 8.90. The van der Waals surface area contributed by atoms with Crippen LogP contribution in [0.15, 0.2) is 78.9 Å². The summed E-state index contributed by atoms with van der Waals surface area (Å²) in [5, 5.41) is 0. The van der Waals surface area contributed by atoms with Crippen molar-refractivity contribution in [1.82, 2.24) is 0 Å². The third kappa shape index (κ3) is 5.67. The van der Waals surface area contributed by atoms with Crippen molar-refractivity contribution in [3.8, 4) is 11.1 Å². The molecule has 3 aromatic rings. The van der Waals surface area contributed by atoms with Crippen molar-refractivity contribution >= 4 is 32.4 Å². The van der Waals surface area contributed by atoms with Gasteiger partial charge >= 0.3 is 271 Å². The van der Waals surface area contributed by atoms with E-state index in [-0.39, 0.29) is 35.6 Å². The molecular formula is C43H58Cl2Hf. The second-order valence-electron chi connectivity index (χ2n) is 17.4. The molecule has 3 aliphatic carbocycles. The zero-order valence-corrected chi connectivity index (χ0v) is 35.3. The van der Waals surface area contributed by atoms with Gasteiger partial charge in [-0.05, 0) is 0 Å². The Morgan fingerprint density at radius 2 is 1.09 bits per heavy atom. The number of hydrogen-bond acceptors (Lipinski definition) is 0. The van der Waals surface area contributed by atoms with Crippen LogP contribution in [0.4, 0.5) is 0 Å². The molecule has 0 aromatic heterocycles. The van der Waals surface area contributed by atoms with E-state index in [1.807, 2.05) is 0 Å². The van der Waals surface area contributed by atoms with Crippen molar-refractivity contribution in [3.05, 3.63) is 112 Å². The van der Waals surface area contributed by atoms with Crippen LogP contribution in [0.5, 0.6) is 0 Å². The van der Waals surface area contributed by atoms with Crippen molar-refractivity contribution in [2.24, 2.45) is 0 Å². The zero-order valence-electron chi connectivity index (χ0n) is 30.0. The van der Waals surface area contributed by atoms with Gasteiger partial charge in [-0.3, -0.25) is 0 Å². The summed E-state index contributed by atoms with van der Waals surface area (Å²) in [6, 6.07) is 22.9. The van der Waals surface area contributed by atoms with Gasteiger partial charge in [-0.1, -0.05) is 0 Å². The first-order valence-electron chi connectivity index (χ1n) is 17.4. The molecule has 248 valence electrons. The second kappa shape index (κ2) is 12.7. The zero-order chi connectivity index (χ0) is 31.8. The molecule has 0 nitrogen and oxygen atoms in total. The number of benzene rings is 3. The molecule has 1 fully saturated rings. The van der Waals surface area contributed by atoms with E-state index in [4.69, 9.17) is 4.26 Å². The number of allylic oxidation sites excluding steroid dienone is 4. The summed E-state index contributed by atoms with van der Waals surface area (Å²) in [5.41, 5.74) is 12.1. The molecule has 0 unspecified atom stereocenters. The van der Waals surface area contributed by atoms with Gasteiger partial charge in [-0.25, -0.2) is 0 Å². The second-order valence-corrected chi connectivity index (χ2v) is 39.2. The van der Waals surface area contributed by atoms with Gasteiger partial charge in [0.25, 0.3) is 0 Å². The number of fused-ring (bicyclic) bond motifs is 3. The summed E-state index contributed by atoms with van der Waals surface area (Å²) in [6.07, 6.45) is 13.8. The monoisotopic (exact) mass is 824 g/mol. The van der Waals surface area contributed by atoms with Crippen LogP contribution in [0.25, 0.3) is 11.1 Å². The molecule has 46 heavy (non-hydrogen) atoms. The van der Waals surface area contributed by atoms with Crippen molar-refractivity contribution in [2.45, 2.75) is 122 Å². The molecule has 0 heterocycles. The predicted molar refractivity (Wildman–Crippen MR) is 207 cm³/mol. The Labute approximate surface area is 294 Å². The summed E-state index contributed by atoms with van der Waals surface area (Å²) in [5.74, 6) is 0.974. The van der Waals surface area contributed by atoms with Crippen LogP contribution in [0.1, 0.15) is 137 Å². The fourth-order valence-corrected chi connectivity index (χ4v) is 39.4. The van der Waals surface area contributed by atoms with Crippen molar-refractivity contribution in [3.63, 3.8) is 0 Å². The minimum atomic E-state index is -4.65. The first kappa shape index (κ1) is 37.3. The van der Waals surface area contributed by atoms with E-state index < -0.39 is 18.0 Å². The number of halogens is 2. The number of hydrogen-bond donors (Lipinski definition) is 0. The summed E-state index contributed by atoms with van der Waals surface area (Å²) in [7, 11) is 0. The van der Waals surface area contributed by atoms with Gasteiger partial charge in [0.2, 0.25) is 0 Å². The van der Waals surface area contributed by atoms with E-state index in [1.165, 1.54) is 52.6 Å². The Kier molecular flexibility index (Phi) is 10.3. The molecule has 0 amide bonds. The quantitative estimate of drug-likeness (QED) is 0.217. The first-order chi connectivity index (χ1) is 20.5.